The number of likely N-dealkylation sites (N-methyl/N-ethyl adjacent to an activating group) is 1. The summed E-state index contributed by atoms with van der Waals surface area (Å²) in [4.78, 5) is 2.07. The Hall–Kier alpha value is -0.620. The number of nitrogens with one attached hydrogen (secondary N) is 1. The highest BCUT2D eigenvalue weighted by atomic mass is 35.5. The third-order valence-electron chi connectivity index (χ3n) is 3.03. The van der Waals surface area contributed by atoms with Crippen molar-refractivity contribution < 1.29 is 5.11 Å². The minimum Gasteiger partial charge on any atom is -0.382 e. The van der Waals surface area contributed by atoms with Crippen LogP contribution in [0.25, 0.3) is 0 Å². The zero-order valence-electron chi connectivity index (χ0n) is 13.4. The maximum absolute atomic E-state index is 10.7. The molecular formula is C14H27ClN4O. The maximum Gasteiger partial charge on any atom is 0.117 e. The second-order valence-electron chi connectivity index (χ2n) is 6.74. The van der Waals surface area contributed by atoms with E-state index in [2.05, 4.69) is 36.1 Å². The van der Waals surface area contributed by atoms with Crippen LogP contribution in [0.3, 0.4) is 0 Å². The molecule has 6 heteroatoms. The van der Waals surface area contributed by atoms with E-state index in [1.165, 1.54) is 0 Å². The number of halogens is 1. The van der Waals surface area contributed by atoms with Crippen molar-refractivity contribution >= 4 is 11.6 Å². The SMILES string of the molecule is CN(C)CCn1ncc(Cl)c1C(C)(O)CNC(C)(C)C. The predicted octanol–water partition coefficient (Wildman–Crippen LogP) is 1.69. The average molecular weight is 303 g/mol. The molecule has 1 atom stereocenters. The van der Waals surface area contributed by atoms with Crippen molar-refractivity contribution in [1.82, 2.24) is 20.0 Å². The number of aromatic nitrogens is 2. The summed E-state index contributed by atoms with van der Waals surface area (Å²) < 4.78 is 1.78. The van der Waals surface area contributed by atoms with E-state index in [1.807, 2.05) is 14.1 Å². The van der Waals surface area contributed by atoms with Crippen LogP contribution in [0.2, 0.25) is 5.02 Å². The number of hydrogen-bond acceptors (Lipinski definition) is 4. The molecule has 1 unspecified atom stereocenters. The molecule has 1 aromatic rings. The minimum atomic E-state index is -1.06. The summed E-state index contributed by atoms with van der Waals surface area (Å²) in [6, 6.07) is 0. The van der Waals surface area contributed by atoms with Crippen LogP contribution in [-0.4, -0.2) is 52.5 Å². The Balaban J connectivity index is 2.90. The Morgan fingerprint density at radius 2 is 1.95 bits per heavy atom. The van der Waals surface area contributed by atoms with E-state index in [0.29, 0.717) is 23.8 Å². The first-order chi connectivity index (χ1) is 9.03. The Kier molecular flexibility index (Phi) is 5.61. The summed E-state index contributed by atoms with van der Waals surface area (Å²) in [7, 11) is 4.01. The summed E-state index contributed by atoms with van der Waals surface area (Å²) >= 11 is 6.21. The molecular weight excluding hydrogens is 276 g/mol. The second kappa shape index (κ2) is 6.43. The molecule has 0 spiro atoms. The Morgan fingerprint density at radius 1 is 1.35 bits per heavy atom. The first-order valence-electron chi connectivity index (χ1n) is 6.87. The van der Waals surface area contributed by atoms with Gasteiger partial charge in [0.15, 0.2) is 0 Å². The fraction of sp³-hybridized carbons (Fsp3) is 0.786. The van der Waals surface area contributed by atoms with Crippen LogP contribution in [0, 0.1) is 0 Å². The lowest BCUT2D eigenvalue weighted by atomic mass is 9.99. The Morgan fingerprint density at radius 3 is 2.45 bits per heavy atom. The number of nitrogens with zero attached hydrogens (tertiary/aromatic N) is 3. The molecule has 20 heavy (non-hydrogen) atoms. The third-order valence-corrected chi connectivity index (χ3v) is 3.30. The molecule has 0 saturated carbocycles. The molecule has 2 N–H and O–H groups in total. The summed E-state index contributed by atoms with van der Waals surface area (Å²) in [6.45, 7) is 9.91. The second-order valence-corrected chi connectivity index (χ2v) is 7.15. The Bertz CT molecular complexity index is 435. The number of aliphatic hydroxyl groups is 1. The maximum atomic E-state index is 10.7. The smallest absolute Gasteiger partial charge is 0.117 e. The van der Waals surface area contributed by atoms with E-state index >= 15 is 0 Å². The van der Waals surface area contributed by atoms with E-state index in [9.17, 15) is 5.11 Å². The van der Waals surface area contributed by atoms with Crippen LogP contribution in [0.15, 0.2) is 6.20 Å². The van der Waals surface area contributed by atoms with Gasteiger partial charge in [-0.05, 0) is 41.8 Å². The van der Waals surface area contributed by atoms with E-state index in [4.69, 9.17) is 11.6 Å². The molecule has 0 bridgehead atoms. The lowest BCUT2D eigenvalue weighted by Gasteiger charge is -2.30. The van der Waals surface area contributed by atoms with Gasteiger partial charge in [-0.3, -0.25) is 4.68 Å². The molecule has 1 heterocycles. The van der Waals surface area contributed by atoms with Crippen LogP contribution >= 0.6 is 11.6 Å². The predicted molar refractivity (Wildman–Crippen MR) is 83.1 cm³/mol. The van der Waals surface area contributed by atoms with Gasteiger partial charge in [-0.2, -0.15) is 5.10 Å². The van der Waals surface area contributed by atoms with Crippen LogP contribution in [-0.2, 0) is 12.1 Å². The van der Waals surface area contributed by atoms with E-state index in [-0.39, 0.29) is 5.54 Å². The van der Waals surface area contributed by atoms with Crippen molar-refractivity contribution in [1.29, 1.82) is 0 Å². The van der Waals surface area contributed by atoms with Gasteiger partial charge < -0.3 is 15.3 Å². The van der Waals surface area contributed by atoms with Gasteiger partial charge in [0.1, 0.15) is 5.60 Å². The quantitative estimate of drug-likeness (QED) is 0.840. The minimum absolute atomic E-state index is 0.0645. The van der Waals surface area contributed by atoms with Crippen LogP contribution < -0.4 is 5.32 Å². The molecule has 0 aliphatic carbocycles. The molecule has 1 rings (SSSR count). The number of hydrogen-bond donors (Lipinski definition) is 2. The first-order valence-corrected chi connectivity index (χ1v) is 7.25. The van der Waals surface area contributed by atoms with Gasteiger partial charge >= 0.3 is 0 Å². The Labute approximate surface area is 126 Å². The molecule has 0 amide bonds. The molecule has 1 aromatic heterocycles. The number of rotatable bonds is 6. The van der Waals surface area contributed by atoms with Crippen molar-refractivity contribution in [3.8, 4) is 0 Å². The van der Waals surface area contributed by atoms with Crippen molar-refractivity contribution in [2.75, 3.05) is 27.2 Å². The van der Waals surface area contributed by atoms with Crippen molar-refractivity contribution in [2.45, 2.75) is 45.4 Å². The van der Waals surface area contributed by atoms with Gasteiger partial charge in [-0.25, -0.2) is 0 Å². The summed E-state index contributed by atoms with van der Waals surface area (Å²) in [5, 5.41) is 18.8. The van der Waals surface area contributed by atoms with Crippen molar-refractivity contribution in [2.24, 2.45) is 0 Å². The van der Waals surface area contributed by atoms with E-state index in [0.717, 1.165) is 6.54 Å². The normalized spacial score (nSPS) is 15.7. The van der Waals surface area contributed by atoms with Gasteiger partial charge in [-0.15, -0.1) is 0 Å². The van der Waals surface area contributed by atoms with Gasteiger partial charge in [0.2, 0.25) is 0 Å². The monoisotopic (exact) mass is 302 g/mol. The van der Waals surface area contributed by atoms with Crippen LogP contribution in [0.4, 0.5) is 0 Å². The first kappa shape index (κ1) is 17.4. The zero-order valence-corrected chi connectivity index (χ0v) is 14.1. The molecule has 0 aliphatic rings. The summed E-state index contributed by atoms with van der Waals surface area (Å²) in [5.74, 6) is 0. The van der Waals surface area contributed by atoms with Crippen LogP contribution in [0.1, 0.15) is 33.4 Å². The van der Waals surface area contributed by atoms with E-state index in [1.54, 1.807) is 17.8 Å². The van der Waals surface area contributed by atoms with Crippen molar-refractivity contribution in [3.05, 3.63) is 16.9 Å². The highest BCUT2D eigenvalue weighted by Gasteiger charge is 2.31. The highest BCUT2D eigenvalue weighted by molar-refractivity contribution is 6.31. The number of β-amino-alcohol motifs (C(OH)–C–C–N with tert-alkyl or cyclic N) is 1. The lowest BCUT2D eigenvalue weighted by molar-refractivity contribution is 0.0407. The zero-order chi connectivity index (χ0) is 15.6. The topological polar surface area (TPSA) is 53.3 Å². The van der Waals surface area contributed by atoms with Crippen LogP contribution in [0.5, 0.6) is 0 Å². The fourth-order valence-electron chi connectivity index (χ4n) is 1.88. The van der Waals surface area contributed by atoms with Gasteiger partial charge in [0.25, 0.3) is 0 Å². The lowest BCUT2D eigenvalue weighted by Crippen LogP contribution is -2.45. The van der Waals surface area contributed by atoms with Gasteiger partial charge in [0.05, 0.1) is 23.5 Å². The standard InChI is InChI=1S/C14H27ClN4O/c1-13(2,3)16-10-14(4,20)12-11(15)9-17-19(12)8-7-18(5)6/h9,16,20H,7-8,10H2,1-6H3. The highest BCUT2D eigenvalue weighted by Crippen LogP contribution is 2.28. The average Bonchev–Trinajstić information content (AvgIpc) is 2.65. The molecule has 5 nitrogen and oxygen atoms in total. The third kappa shape index (κ3) is 5.05. The van der Waals surface area contributed by atoms with E-state index < -0.39 is 5.60 Å². The molecule has 0 radical (unpaired) electrons. The molecule has 0 aromatic carbocycles. The fourth-order valence-corrected chi connectivity index (χ4v) is 2.23. The van der Waals surface area contributed by atoms with Crippen molar-refractivity contribution in [3.63, 3.8) is 0 Å². The molecule has 0 saturated heterocycles. The summed E-state index contributed by atoms with van der Waals surface area (Å²) in [5.41, 5.74) is -0.462. The largest absolute Gasteiger partial charge is 0.382 e. The molecule has 0 aliphatic heterocycles. The van der Waals surface area contributed by atoms with Gasteiger partial charge in [0, 0.05) is 18.6 Å². The molecule has 0 fully saturated rings. The molecule has 116 valence electrons. The van der Waals surface area contributed by atoms with Gasteiger partial charge in [-0.1, -0.05) is 11.6 Å². The summed E-state index contributed by atoms with van der Waals surface area (Å²) in [6.07, 6.45) is 1.60.